The number of nitrogens with one attached hydrogen (secondary N) is 1. The molecule has 1 unspecified atom stereocenters. The van der Waals surface area contributed by atoms with Gasteiger partial charge in [0, 0.05) is 19.5 Å². The van der Waals surface area contributed by atoms with E-state index in [2.05, 4.69) is 5.32 Å². The molecule has 1 aliphatic heterocycles. The molecule has 5 nitrogen and oxygen atoms in total. The fourth-order valence-corrected chi connectivity index (χ4v) is 3.80. The monoisotopic (exact) mass is 295 g/mol. The molecule has 1 saturated heterocycles. The van der Waals surface area contributed by atoms with Crippen LogP contribution < -0.4 is 11.1 Å². The molecule has 1 atom stereocenters. The molecule has 1 saturated carbocycles. The van der Waals surface area contributed by atoms with Crippen LogP contribution in [-0.2, 0) is 9.59 Å². The Labute approximate surface area is 127 Å². The first-order chi connectivity index (χ1) is 9.99. The van der Waals surface area contributed by atoms with Crippen LogP contribution in [0.5, 0.6) is 0 Å². The van der Waals surface area contributed by atoms with Crippen molar-refractivity contribution < 1.29 is 9.59 Å². The third-order valence-electron chi connectivity index (χ3n) is 5.08. The number of carbonyl (C=O) groups is 2. The maximum Gasteiger partial charge on any atom is 0.243 e. The Morgan fingerprint density at radius 1 is 1.38 bits per heavy atom. The zero-order chi connectivity index (χ0) is 15.5. The smallest absolute Gasteiger partial charge is 0.243 e. The third kappa shape index (κ3) is 3.57. The van der Waals surface area contributed by atoms with Gasteiger partial charge in [-0.15, -0.1) is 0 Å². The zero-order valence-corrected chi connectivity index (χ0v) is 13.4. The molecule has 1 aliphatic carbocycles. The second-order valence-electron chi connectivity index (χ2n) is 7.01. The molecule has 120 valence electrons. The fourth-order valence-electron chi connectivity index (χ4n) is 3.80. The van der Waals surface area contributed by atoms with Gasteiger partial charge in [0.1, 0.15) is 6.04 Å². The van der Waals surface area contributed by atoms with Crippen molar-refractivity contribution >= 4 is 11.8 Å². The van der Waals surface area contributed by atoms with Gasteiger partial charge in [-0.05, 0) is 30.7 Å². The molecule has 0 bridgehead atoms. The van der Waals surface area contributed by atoms with Crippen LogP contribution in [0, 0.1) is 11.3 Å². The van der Waals surface area contributed by atoms with E-state index in [1.54, 1.807) is 4.90 Å². The molecule has 0 spiro atoms. The van der Waals surface area contributed by atoms with E-state index in [0.29, 0.717) is 26.1 Å². The average Bonchev–Trinajstić information content (AvgIpc) is 2.47. The van der Waals surface area contributed by atoms with Crippen LogP contribution in [0.3, 0.4) is 0 Å². The second-order valence-corrected chi connectivity index (χ2v) is 7.01. The highest BCUT2D eigenvalue weighted by molar-refractivity contribution is 5.89. The maximum atomic E-state index is 12.8. The number of hydrogen-bond acceptors (Lipinski definition) is 3. The van der Waals surface area contributed by atoms with Gasteiger partial charge < -0.3 is 16.0 Å². The Bertz CT molecular complexity index is 389. The Hall–Kier alpha value is -1.10. The van der Waals surface area contributed by atoms with E-state index in [4.69, 9.17) is 5.73 Å². The van der Waals surface area contributed by atoms with E-state index in [9.17, 15) is 9.59 Å². The summed E-state index contributed by atoms with van der Waals surface area (Å²) in [4.78, 5) is 26.6. The lowest BCUT2D eigenvalue weighted by Gasteiger charge is -2.41. The molecule has 0 radical (unpaired) electrons. The van der Waals surface area contributed by atoms with Gasteiger partial charge in [-0.2, -0.15) is 0 Å². The average molecular weight is 295 g/mol. The lowest BCUT2D eigenvalue weighted by atomic mass is 9.71. The Kier molecular flexibility index (Phi) is 5.25. The molecule has 21 heavy (non-hydrogen) atoms. The number of hydrogen-bond donors (Lipinski definition) is 2. The molecule has 0 aromatic rings. The Morgan fingerprint density at radius 2 is 2.05 bits per heavy atom. The standard InChI is InChI=1S/C16H29N3O2/c1-12(2)14-15(21)18-8-9-19(14)13(20)10-16(11-17)6-4-3-5-7-16/h12,14H,3-11,17H2,1-2H3,(H,18,21). The molecular formula is C16H29N3O2. The van der Waals surface area contributed by atoms with E-state index in [1.807, 2.05) is 13.8 Å². The van der Waals surface area contributed by atoms with E-state index >= 15 is 0 Å². The van der Waals surface area contributed by atoms with Crippen molar-refractivity contribution in [2.75, 3.05) is 19.6 Å². The summed E-state index contributed by atoms with van der Waals surface area (Å²) in [6.45, 7) is 5.74. The van der Waals surface area contributed by atoms with Gasteiger partial charge in [-0.1, -0.05) is 33.1 Å². The topological polar surface area (TPSA) is 75.4 Å². The van der Waals surface area contributed by atoms with Gasteiger partial charge >= 0.3 is 0 Å². The molecule has 2 amide bonds. The first kappa shape index (κ1) is 16.3. The van der Waals surface area contributed by atoms with Crippen molar-refractivity contribution in [3.05, 3.63) is 0 Å². The number of nitrogens with zero attached hydrogens (tertiary/aromatic N) is 1. The minimum Gasteiger partial charge on any atom is -0.353 e. The first-order valence-electron chi connectivity index (χ1n) is 8.26. The van der Waals surface area contributed by atoms with Crippen LogP contribution in [0.1, 0.15) is 52.4 Å². The zero-order valence-electron chi connectivity index (χ0n) is 13.4. The van der Waals surface area contributed by atoms with Gasteiger partial charge in [0.25, 0.3) is 0 Å². The molecular weight excluding hydrogens is 266 g/mol. The van der Waals surface area contributed by atoms with E-state index in [1.165, 1.54) is 19.3 Å². The lowest BCUT2D eigenvalue weighted by molar-refractivity contribution is -0.147. The van der Waals surface area contributed by atoms with Crippen LogP contribution >= 0.6 is 0 Å². The molecule has 3 N–H and O–H groups in total. The van der Waals surface area contributed by atoms with Gasteiger partial charge in [0.15, 0.2) is 0 Å². The van der Waals surface area contributed by atoms with Crippen LogP contribution in [0.2, 0.25) is 0 Å². The third-order valence-corrected chi connectivity index (χ3v) is 5.08. The summed E-state index contributed by atoms with van der Waals surface area (Å²) < 4.78 is 0. The van der Waals surface area contributed by atoms with Gasteiger partial charge in [0.05, 0.1) is 0 Å². The van der Waals surface area contributed by atoms with Crippen LogP contribution in [0.25, 0.3) is 0 Å². The highest BCUT2D eigenvalue weighted by Crippen LogP contribution is 2.39. The summed E-state index contributed by atoms with van der Waals surface area (Å²) in [6, 6.07) is -0.329. The Balaban J connectivity index is 2.08. The molecule has 5 heteroatoms. The largest absolute Gasteiger partial charge is 0.353 e. The van der Waals surface area contributed by atoms with E-state index in [0.717, 1.165) is 12.8 Å². The van der Waals surface area contributed by atoms with E-state index < -0.39 is 0 Å². The maximum absolute atomic E-state index is 12.8. The fraction of sp³-hybridized carbons (Fsp3) is 0.875. The molecule has 2 fully saturated rings. The van der Waals surface area contributed by atoms with E-state index in [-0.39, 0.29) is 29.2 Å². The predicted molar refractivity (Wildman–Crippen MR) is 82.5 cm³/mol. The second kappa shape index (κ2) is 6.77. The van der Waals surface area contributed by atoms with Crippen molar-refractivity contribution in [3.8, 4) is 0 Å². The van der Waals surface area contributed by atoms with Gasteiger partial charge in [-0.25, -0.2) is 0 Å². The lowest BCUT2D eigenvalue weighted by Crippen LogP contribution is -2.59. The highest BCUT2D eigenvalue weighted by atomic mass is 16.2. The molecule has 2 rings (SSSR count). The summed E-state index contributed by atoms with van der Waals surface area (Å²) in [6.07, 6.45) is 6.16. The van der Waals surface area contributed by atoms with Crippen molar-refractivity contribution in [1.82, 2.24) is 10.2 Å². The highest BCUT2D eigenvalue weighted by Gasteiger charge is 2.39. The number of nitrogens with two attached hydrogens (primary N) is 1. The van der Waals surface area contributed by atoms with Crippen molar-refractivity contribution in [2.24, 2.45) is 17.1 Å². The minimum atomic E-state index is -0.329. The first-order valence-corrected chi connectivity index (χ1v) is 8.26. The normalized spacial score (nSPS) is 25.8. The molecule has 2 aliphatic rings. The minimum absolute atomic E-state index is 0.0185. The Morgan fingerprint density at radius 3 is 2.62 bits per heavy atom. The molecule has 1 heterocycles. The number of rotatable bonds is 4. The molecule has 0 aromatic heterocycles. The number of carbonyl (C=O) groups excluding carboxylic acids is 2. The summed E-state index contributed by atoms with van der Waals surface area (Å²) in [7, 11) is 0. The summed E-state index contributed by atoms with van der Waals surface area (Å²) >= 11 is 0. The van der Waals surface area contributed by atoms with Crippen LogP contribution in [0.4, 0.5) is 0 Å². The number of piperazine rings is 1. The SMILES string of the molecule is CC(C)C1C(=O)NCCN1C(=O)CC1(CN)CCCCC1. The van der Waals surface area contributed by atoms with Crippen molar-refractivity contribution in [1.29, 1.82) is 0 Å². The van der Waals surface area contributed by atoms with Crippen LogP contribution in [-0.4, -0.2) is 42.4 Å². The van der Waals surface area contributed by atoms with Gasteiger partial charge in [-0.3, -0.25) is 9.59 Å². The predicted octanol–water partition coefficient (Wildman–Crippen LogP) is 1.27. The number of amides is 2. The summed E-state index contributed by atoms with van der Waals surface area (Å²) in [5.74, 6) is 0.223. The van der Waals surface area contributed by atoms with Gasteiger partial charge in [0.2, 0.25) is 11.8 Å². The summed E-state index contributed by atoms with van der Waals surface area (Å²) in [5.41, 5.74) is 5.95. The summed E-state index contributed by atoms with van der Waals surface area (Å²) in [5, 5.41) is 2.87. The molecule has 0 aromatic carbocycles. The van der Waals surface area contributed by atoms with Crippen LogP contribution in [0.15, 0.2) is 0 Å². The van der Waals surface area contributed by atoms with Crippen molar-refractivity contribution in [2.45, 2.75) is 58.4 Å². The van der Waals surface area contributed by atoms with Crippen molar-refractivity contribution in [3.63, 3.8) is 0 Å². The quantitative estimate of drug-likeness (QED) is 0.820.